The van der Waals surface area contributed by atoms with E-state index in [2.05, 4.69) is 0 Å². The predicted molar refractivity (Wildman–Crippen MR) is 111 cm³/mol. The minimum absolute atomic E-state index is 0.274. The SMILES string of the molecule is CC[C@H](C(=O)OC=C(c1ccccc1)c1ccccc1)c1ccc(Cl)cc1. The third-order valence-electron chi connectivity index (χ3n) is 4.43. The Labute approximate surface area is 165 Å². The molecule has 0 unspecified atom stereocenters. The van der Waals surface area contributed by atoms with E-state index in [0.717, 1.165) is 22.3 Å². The van der Waals surface area contributed by atoms with Crippen molar-refractivity contribution < 1.29 is 9.53 Å². The highest BCUT2D eigenvalue weighted by atomic mass is 35.5. The summed E-state index contributed by atoms with van der Waals surface area (Å²) in [4.78, 5) is 12.7. The van der Waals surface area contributed by atoms with Gasteiger partial charge in [-0.15, -0.1) is 0 Å². The summed E-state index contributed by atoms with van der Waals surface area (Å²) in [6.45, 7) is 1.97. The van der Waals surface area contributed by atoms with Crippen molar-refractivity contribution in [3.8, 4) is 0 Å². The van der Waals surface area contributed by atoms with E-state index in [1.54, 1.807) is 18.4 Å². The van der Waals surface area contributed by atoms with Crippen LogP contribution in [0.5, 0.6) is 0 Å². The number of benzene rings is 3. The molecule has 0 aromatic heterocycles. The maximum atomic E-state index is 12.7. The van der Waals surface area contributed by atoms with Crippen LogP contribution in [0.2, 0.25) is 5.02 Å². The fourth-order valence-corrected chi connectivity index (χ4v) is 3.10. The monoisotopic (exact) mass is 376 g/mol. The Kier molecular flexibility index (Phi) is 6.45. The van der Waals surface area contributed by atoms with Crippen LogP contribution < -0.4 is 0 Å². The molecule has 0 amide bonds. The Morgan fingerprint density at radius 1 is 0.889 bits per heavy atom. The Bertz CT molecular complexity index is 859. The van der Waals surface area contributed by atoms with Crippen molar-refractivity contribution in [2.45, 2.75) is 19.3 Å². The van der Waals surface area contributed by atoms with E-state index in [9.17, 15) is 4.79 Å². The lowest BCUT2D eigenvalue weighted by Gasteiger charge is -2.14. The van der Waals surface area contributed by atoms with Crippen LogP contribution in [0.15, 0.2) is 91.2 Å². The van der Waals surface area contributed by atoms with Gasteiger partial charge in [0.15, 0.2) is 0 Å². The normalized spacial score (nSPS) is 11.5. The van der Waals surface area contributed by atoms with Crippen LogP contribution in [0.1, 0.15) is 36.0 Å². The maximum Gasteiger partial charge on any atom is 0.318 e. The molecule has 2 nitrogen and oxygen atoms in total. The summed E-state index contributed by atoms with van der Waals surface area (Å²) < 4.78 is 5.62. The molecule has 0 aliphatic rings. The molecule has 0 radical (unpaired) electrons. The standard InChI is InChI=1S/C24H21ClO2/c1-2-22(20-13-15-21(25)16-14-20)24(26)27-17-23(18-9-5-3-6-10-18)19-11-7-4-8-12-19/h3-17,22H,2H2,1H3/t22-/m0/s1. The zero-order valence-corrected chi connectivity index (χ0v) is 15.9. The summed E-state index contributed by atoms with van der Waals surface area (Å²) in [6, 6.07) is 27.1. The molecule has 0 saturated heterocycles. The van der Waals surface area contributed by atoms with Crippen LogP contribution in [0.25, 0.3) is 5.57 Å². The lowest BCUT2D eigenvalue weighted by atomic mass is 9.96. The van der Waals surface area contributed by atoms with Crippen LogP contribution >= 0.6 is 11.6 Å². The molecule has 0 saturated carbocycles. The Morgan fingerprint density at radius 2 is 1.41 bits per heavy atom. The molecule has 0 fully saturated rings. The average Bonchev–Trinajstić information content (AvgIpc) is 2.72. The first kappa shape index (κ1) is 18.9. The number of carbonyl (C=O) groups excluding carboxylic acids is 1. The van der Waals surface area contributed by atoms with Gasteiger partial charge in [0.2, 0.25) is 0 Å². The third-order valence-corrected chi connectivity index (χ3v) is 4.68. The van der Waals surface area contributed by atoms with Gasteiger partial charge in [0.25, 0.3) is 0 Å². The number of rotatable bonds is 6. The van der Waals surface area contributed by atoms with Crippen LogP contribution in [0, 0.1) is 0 Å². The van der Waals surface area contributed by atoms with Crippen molar-refractivity contribution >= 4 is 23.1 Å². The quantitative estimate of drug-likeness (QED) is 0.364. The molecular formula is C24H21ClO2. The largest absolute Gasteiger partial charge is 0.433 e. The van der Waals surface area contributed by atoms with Gasteiger partial charge in [-0.05, 0) is 35.2 Å². The highest BCUT2D eigenvalue weighted by molar-refractivity contribution is 6.30. The summed E-state index contributed by atoms with van der Waals surface area (Å²) >= 11 is 5.95. The second-order valence-corrected chi connectivity index (χ2v) is 6.65. The zero-order valence-electron chi connectivity index (χ0n) is 15.1. The smallest absolute Gasteiger partial charge is 0.318 e. The van der Waals surface area contributed by atoms with Crippen molar-refractivity contribution in [3.05, 3.63) is 113 Å². The van der Waals surface area contributed by atoms with E-state index in [-0.39, 0.29) is 11.9 Å². The van der Waals surface area contributed by atoms with E-state index >= 15 is 0 Å². The number of esters is 1. The summed E-state index contributed by atoms with van der Waals surface area (Å²) in [5, 5.41) is 0.650. The molecule has 3 aromatic rings. The average molecular weight is 377 g/mol. The molecule has 0 aliphatic heterocycles. The first-order valence-corrected chi connectivity index (χ1v) is 9.34. The van der Waals surface area contributed by atoms with E-state index < -0.39 is 0 Å². The fourth-order valence-electron chi connectivity index (χ4n) is 2.97. The van der Waals surface area contributed by atoms with Gasteiger partial charge in [0.05, 0.1) is 5.92 Å². The first-order chi connectivity index (χ1) is 13.2. The molecular weight excluding hydrogens is 356 g/mol. The third kappa shape index (κ3) is 4.87. The zero-order chi connectivity index (χ0) is 19.1. The van der Waals surface area contributed by atoms with Crippen molar-refractivity contribution in [2.75, 3.05) is 0 Å². The van der Waals surface area contributed by atoms with Crippen molar-refractivity contribution in [3.63, 3.8) is 0 Å². The minimum Gasteiger partial charge on any atom is -0.433 e. The van der Waals surface area contributed by atoms with Gasteiger partial charge in [-0.1, -0.05) is 91.3 Å². The molecule has 0 spiro atoms. The molecule has 3 aromatic carbocycles. The first-order valence-electron chi connectivity index (χ1n) is 8.96. The molecule has 0 N–H and O–H groups in total. The molecule has 27 heavy (non-hydrogen) atoms. The van der Waals surface area contributed by atoms with Crippen LogP contribution in [-0.2, 0) is 9.53 Å². The number of carbonyl (C=O) groups is 1. The molecule has 1 atom stereocenters. The van der Waals surface area contributed by atoms with Crippen molar-refractivity contribution in [1.82, 2.24) is 0 Å². The molecule has 136 valence electrons. The van der Waals surface area contributed by atoms with Gasteiger partial charge in [-0.25, -0.2) is 0 Å². The molecule has 0 heterocycles. The summed E-state index contributed by atoms with van der Waals surface area (Å²) in [5.74, 6) is -0.601. The maximum absolute atomic E-state index is 12.7. The van der Waals surface area contributed by atoms with E-state index in [4.69, 9.17) is 16.3 Å². The topological polar surface area (TPSA) is 26.3 Å². The van der Waals surface area contributed by atoms with E-state index in [1.165, 1.54) is 0 Å². The summed E-state index contributed by atoms with van der Waals surface area (Å²) in [6.07, 6.45) is 2.21. The number of ether oxygens (including phenoxy) is 1. The van der Waals surface area contributed by atoms with Gasteiger partial charge >= 0.3 is 5.97 Å². The van der Waals surface area contributed by atoms with Gasteiger partial charge < -0.3 is 4.74 Å². The Balaban J connectivity index is 1.87. The van der Waals surface area contributed by atoms with Gasteiger partial charge in [0, 0.05) is 10.6 Å². The number of hydrogen-bond donors (Lipinski definition) is 0. The lowest BCUT2D eigenvalue weighted by Crippen LogP contribution is -2.13. The Morgan fingerprint density at radius 3 is 1.89 bits per heavy atom. The minimum atomic E-state index is -0.327. The van der Waals surface area contributed by atoms with Crippen LogP contribution in [0.4, 0.5) is 0 Å². The van der Waals surface area contributed by atoms with Crippen molar-refractivity contribution in [2.24, 2.45) is 0 Å². The van der Waals surface area contributed by atoms with Crippen molar-refractivity contribution in [1.29, 1.82) is 0 Å². The molecule has 0 bridgehead atoms. The second-order valence-electron chi connectivity index (χ2n) is 6.21. The van der Waals surface area contributed by atoms with Gasteiger partial charge in [-0.3, -0.25) is 4.79 Å². The predicted octanol–water partition coefficient (Wildman–Crippen LogP) is 6.47. The summed E-state index contributed by atoms with van der Waals surface area (Å²) in [7, 11) is 0. The number of hydrogen-bond acceptors (Lipinski definition) is 2. The Hall–Kier alpha value is -2.84. The summed E-state index contributed by atoms with van der Waals surface area (Å²) in [5.41, 5.74) is 3.77. The fraction of sp³-hybridized carbons (Fsp3) is 0.125. The van der Waals surface area contributed by atoms with Gasteiger partial charge in [-0.2, -0.15) is 0 Å². The van der Waals surface area contributed by atoms with Gasteiger partial charge in [0.1, 0.15) is 6.26 Å². The van der Waals surface area contributed by atoms with E-state index in [0.29, 0.717) is 11.4 Å². The molecule has 0 aliphatic carbocycles. The highest BCUT2D eigenvalue weighted by Crippen LogP contribution is 2.26. The molecule has 3 rings (SSSR count). The van der Waals surface area contributed by atoms with Crippen LogP contribution in [-0.4, -0.2) is 5.97 Å². The highest BCUT2D eigenvalue weighted by Gasteiger charge is 2.20. The lowest BCUT2D eigenvalue weighted by molar-refractivity contribution is -0.139. The number of halogens is 1. The van der Waals surface area contributed by atoms with Crippen LogP contribution in [0.3, 0.4) is 0 Å². The van der Waals surface area contributed by atoms with E-state index in [1.807, 2.05) is 79.7 Å². The molecule has 3 heteroatoms. The second kappa shape index (κ2) is 9.20.